The summed E-state index contributed by atoms with van der Waals surface area (Å²) in [5.41, 5.74) is 2.22. The lowest BCUT2D eigenvalue weighted by atomic mass is 10.0. The maximum atomic E-state index is 14.7. The third kappa shape index (κ3) is 6.65. The summed E-state index contributed by atoms with van der Waals surface area (Å²) in [4.78, 5) is 29.1. The highest BCUT2D eigenvalue weighted by molar-refractivity contribution is 6.06. The normalized spacial score (nSPS) is 16.2. The number of nitrogens with one attached hydrogen (secondary N) is 1. The summed E-state index contributed by atoms with van der Waals surface area (Å²) >= 11 is 0. The van der Waals surface area contributed by atoms with Crippen molar-refractivity contribution >= 4 is 17.3 Å². The van der Waals surface area contributed by atoms with Crippen molar-refractivity contribution in [3.63, 3.8) is 0 Å². The standard InChI is InChI=1S/C27H27F6N5O3/c1-36-11-12-37(14-16(36)13-34)24-19(35-25(39)17-5-4-10-38(26(17)40)15-22(29)30)8-9-21(23(24)27(31,32)33)41-20-7-3-2-6-18(20)28/h2-10,16,22H,11-15,34H2,1H3,(H,35,39)/t16-/m0/s1. The van der Waals surface area contributed by atoms with Crippen LogP contribution in [0.5, 0.6) is 11.5 Å². The van der Waals surface area contributed by atoms with Gasteiger partial charge in [0.2, 0.25) is 0 Å². The number of nitrogens with zero attached hydrogens (tertiary/aromatic N) is 3. The van der Waals surface area contributed by atoms with E-state index >= 15 is 0 Å². The van der Waals surface area contributed by atoms with Gasteiger partial charge in [-0.2, -0.15) is 13.2 Å². The van der Waals surface area contributed by atoms with Crippen LogP contribution < -0.4 is 26.2 Å². The number of likely N-dealkylation sites (N-methyl/N-ethyl adjacent to an activating group) is 1. The number of alkyl halides is 5. The Morgan fingerprint density at radius 3 is 2.49 bits per heavy atom. The number of piperazine rings is 1. The fourth-order valence-corrected chi connectivity index (χ4v) is 4.60. The number of hydrogen-bond acceptors (Lipinski definition) is 6. The van der Waals surface area contributed by atoms with E-state index in [1.165, 1.54) is 29.2 Å². The highest BCUT2D eigenvalue weighted by Crippen LogP contribution is 2.48. The zero-order valence-corrected chi connectivity index (χ0v) is 21.8. The summed E-state index contributed by atoms with van der Waals surface area (Å²) in [6.45, 7) is -0.340. The van der Waals surface area contributed by atoms with Crippen molar-refractivity contribution in [2.24, 2.45) is 5.73 Å². The van der Waals surface area contributed by atoms with E-state index in [9.17, 15) is 35.9 Å². The number of carbonyl (C=O) groups excluding carboxylic acids is 1. The van der Waals surface area contributed by atoms with Crippen molar-refractivity contribution in [2.45, 2.75) is 25.2 Å². The van der Waals surface area contributed by atoms with Gasteiger partial charge in [-0.25, -0.2) is 13.2 Å². The topological polar surface area (TPSA) is 92.8 Å². The van der Waals surface area contributed by atoms with Crippen LogP contribution in [0, 0.1) is 5.82 Å². The predicted molar refractivity (Wildman–Crippen MR) is 140 cm³/mol. The molecule has 0 unspecified atom stereocenters. The number of para-hydroxylation sites is 1. The molecule has 0 bridgehead atoms. The lowest BCUT2D eigenvalue weighted by Gasteiger charge is -2.41. The molecule has 8 nitrogen and oxygen atoms in total. The molecule has 0 spiro atoms. The number of carbonyl (C=O) groups is 1. The van der Waals surface area contributed by atoms with E-state index in [4.69, 9.17) is 10.5 Å². The van der Waals surface area contributed by atoms with Gasteiger partial charge in [0, 0.05) is 38.4 Å². The maximum Gasteiger partial charge on any atom is 0.422 e. The first-order valence-corrected chi connectivity index (χ1v) is 12.5. The van der Waals surface area contributed by atoms with Gasteiger partial charge < -0.3 is 25.3 Å². The van der Waals surface area contributed by atoms with E-state index in [1.54, 1.807) is 7.05 Å². The number of aromatic nitrogens is 1. The second-order valence-corrected chi connectivity index (χ2v) is 9.41. The number of nitrogens with two attached hydrogens (primary N) is 1. The molecule has 0 radical (unpaired) electrons. The molecule has 3 N–H and O–H groups in total. The summed E-state index contributed by atoms with van der Waals surface area (Å²) < 4.78 is 90.3. The van der Waals surface area contributed by atoms with Crippen LogP contribution in [0.2, 0.25) is 0 Å². The van der Waals surface area contributed by atoms with E-state index < -0.39 is 64.7 Å². The molecule has 220 valence electrons. The fraction of sp³-hybridized carbons (Fsp3) is 0.333. The van der Waals surface area contributed by atoms with Crippen molar-refractivity contribution in [3.8, 4) is 11.5 Å². The molecule has 41 heavy (non-hydrogen) atoms. The Hall–Kier alpha value is -4.04. The maximum absolute atomic E-state index is 14.7. The smallest absolute Gasteiger partial charge is 0.422 e. The average molecular weight is 584 g/mol. The number of benzene rings is 2. The summed E-state index contributed by atoms with van der Waals surface area (Å²) in [7, 11) is 1.78. The number of halogens is 6. The summed E-state index contributed by atoms with van der Waals surface area (Å²) in [6, 6.07) is 9.00. The van der Waals surface area contributed by atoms with Crippen molar-refractivity contribution < 1.29 is 35.9 Å². The number of ether oxygens (including phenoxy) is 1. The highest BCUT2D eigenvalue weighted by atomic mass is 19.4. The minimum atomic E-state index is -5.03. The Bertz CT molecular complexity index is 1460. The average Bonchev–Trinajstić information content (AvgIpc) is 2.91. The van der Waals surface area contributed by atoms with Gasteiger partial charge in [0.15, 0.2) is 11.6 Å². The zero-order valence-electron chi connectivity index (χ0n) is 21.8. The van der Waals surface area contributed by atoms with Gasteiger partial charge in [0.05, 0.1) is 17.9 Å². The molecule has 1 aromatic heterocycles. The SMILES string of the molecule is CN1CCN(c2c(NC(=O)c3cccn(CC(F)F)c3=O)ccc(Oc3ccccc3F)c2C(F)(F)F)C[C@@H]1CN. The first-order valence-electron chi connectivity index (χ1n) is 12.5. The van der Waals surface area contributed by atoms with Crippen LogP contribution in [0.3, 0.4) is 0 Å². The van der Waals surface area contributed by atoms with Gasteiger partial charge in [-0.3, -0.25) is 14.5 Å². The number of hydrogen-bond donors (Lipinski definition) is 2. The number of pyridine rings is 1. The van der Waals surface area contributed by atoms with Crippen LogP contribution in [0.15, 0.2) is 59.5 Å². The van der Waals surface area contributed by atoms with E-state index in [0.717, 1.165) is 30.5 Å². The summed E-state index contributed by atoms with van der Waals surface area (Å²) in [5.74, 6) is -3.13. The minimum absolute atomic E-state index is 0.0502. The molecule has 4 rings (SSSR count). The third-order valence-corrected chi connectivity index (χ3v) is 6.69. The van der Waals surface area contributed by atoms with Crippen LogP contribution in [0.4, 0.5) is 37.7 Å². The lowest BCUT2D eigenvalue weighted by Crippen LogP contribution is -2.54. The van der Waals surface area contributed by atoms with Crippen molar-refractivity contribution in [1.82, 2.24) is 9.47 Å². The Balaban J connectivity index is 1.84. The van der Waals surface area contributed by atoms with E-state index in [1.807, 2.05) is 4.90 Å². The summed E-state index contributed by atoms with van der Waals surface area (Å²) in [6.07, 6.45) is -6.83. The Kier molecular flexibility index (Phi) is 8.92. The highest BCUT2D eigenvalue weighted by Gasteiger charge is 2.42. The Labute approximate surface area is 230 Å². The zero-order chi connectivity index (χ0) is 29.9. The number of amides is 1. The molecule has 2 aromatic carbocycles. The molecule has 1 amide bonds. The van der Waals surface area contributed by atoms with Crippen molar-refractivity contribution in [1.29, 1.82) is 0 Å². The molecule has 1 aliphatic heterocycles. The van der Waals surface area contributed by atoms with Gasteiger partial charge >= 0.3 is 6.18 Å². The summed E-state index contributed by atoms with van der Waals surface area (Å²) in [5, 5.41) is 2.35. The Morgan fingerprint density at radius 1 is 1.10 bits per heavy atom. The van der Waals surface area contributed by atoms with Gasteiger partial charge in [-0.15, -0.1) is 0 Å². The second-order valence-electron chi connectivity index (χ2n) is 9.41. The minimum Gasteiger partial charge on any atom is -0.454 e. The number of anilines is 2. The number of rotatable bonds is 8. The molecule has 0 saturated carbocycles. The molecule has 1 saturated heterocycles. The van der Waals surface area contributed by atoms with E-state index in [0.29, 0.717) is 11.1 Å². The van der Waals surface area contributed by atoms with Crippen LogP contribution >= 0.6 is 0 Å². The van der Waals surface area contributed by atoms with E-state index in [-0.39, 0.29) is 31.4 Å². The molecule has 1 aliphatic rings. The molecular weight excluding hydrogens is 556 g/mol. The first-order chi connectivity index (χ1) is 19.4. The quantitative estimate of drug-likeness (QED) is 0.382. The molecule has 2 heterocycles. The van der Waals surface area contributed by atoms with Crippen LogP contribution in [0.1, 0.15) is 15.9 Å². The van der Waals surface area contributed by atoms with Crippen molar-refractivity contribution in [3.05, 3.63) is 82.0 Å². The van der Waals surface area contributed by atoms with Crippen molar-refractivity contribution in [2.75, 3.05) is 43.4 Å². The fourth-order valence-electron chi connectivity index (χ4n) is 4.60. The molecule has 3 aromatic rings. The third-order valence-electron chi connectivity index (χ3n) is 6.69. The molecule has 1 atom stereocenters. The van der Waals surface area contributed by atoms with Gasteiger partial charge in [0.1, 0.15) is 16.9 Å². The monoisotopic (exact) mass is 583 g/mol. The first kappa shape index (κ1) is 29.9. The van der Waals surface area contributed by atoms with Gasteiger partial charge in [-0.05, 0) is 43.4 Å². The van der Waals surface area contributed by atoms with Crippen LogP contribution in [0.25, 0.3) is 0 Å². The van der Waals surface area contributed by atoms with Gasteiger partial charge in [-0.1, -0.05) is 12.1 Å². The molecular formula is C27H27F6N5O3. The lowest BCUT2D eigenvalue weighted by molar-refractivity contribution is -0.138. The van der Waals surface area contributed by atoms with E-state index in [2.05, 4.69) is 5.32 Å². The second kappa shape index (κ2) is 12.2. The Morgan fingerprint density at radius 2 is 1.83 bits per heavy atom. The van der Waals surface area contributed by atoms with Gasteiger partial charge in [0.25, 0.3) is 17.9 Å². The molecule has 1 fully saturated rings. The van der Waals surface area contributed by atoms with Crippen LogP contribution in [-0.4, -0.2) is 61.1 Å². The van der Waals surface area contributed by atoms with Crippen LogP contribution in [-0.2, 0) is 12.7 Å². The molecule has 14 heteroatoms. The largest absolute Gasteiger partial charge is 0.454 e. The predicted octanol–water partition coefficient (Wildman–Crippen LogP) is 4.40. The molecule has 0 aliphatic carbocycles.